The van der Waals surface area contributed by atoms with Gasteiger partial charge in [-0.3, -0.25) is 0 Å². The molecule has 4 aromatic rings. The number of aromatic nitrogens is 3. The van der Waals surface area contributed by atoms with Crippen LogP contribution in [0.25, 0.3) is 11.0 Å². The third-order valence-electron chi connectivity index (χ3n) is 4.79. The van der Waals surface area contributed by atoms with Gasteiger partial charge in [-0.15, -0.1) is 0 Å². The normalized spacial score (nSPS) is 10.9. The summed E-state index contributed by atoms with van der Waals surface area (Å²) in [5.74, 6) is 1.56. The molecule has 2 aromatic carbocycles. The number of anilines is 3. The number of halogens is 1. The molecular weight excluding hydrogens is 460 g/mol. The number of aliphatic hydroxyl groups is 1. The van der Waals surface area contributed by atoms with Gasteiger partial charge < -0.3 is 35.5 Å². The van der Waals surface area contributed by atoms with Crippen molar-refractivity contribution in [1.29, 1.82) is 0 Å². The van der Waals surface area contributed by atoms with Crippen molar-refractivity contribution >= 4 is 45.9 Å². The zero-order valence-corrected chi connectivity index (χ0v) is 18.8. The molecule has 0 atom stereocenters. The van der Waals surface area contributed by atoms with Crippen LogP contribution in [-0.4, -0.2) is 45.5 Å². The molecular formula is C23H23ClN6O4. The van der Waals surface area contributed by atoms with Gasteiger partial charge in [0.25, 0.3) is 0 Å². The average Bonchev–Trinajstić information content (AvgIpc) is 3.22. The summed E-state index contributed by atoms with van der Waals surface area (Å²) in [4.78, 5) is 19.8. The molecule has 0 saturated heterocycles. The lowest BCUT2D eigenvalue weighted by atomic mass is 10.2. The van der Waals surface area contributed by atoms with Crippen molar-refractivity contribution in [1.82, 2.24) is 14.5 Å². The van der Waals surface area contributed by atoms with Crippen LogP contribution in [0.5, 0.6) is 11.5 Å². The van der Waals surface area contributed by atoms with Crippen LogP contribution in [-0.2, 0) is 11.3 Å². The Bertz CT molecular complexity index is 1300. The Labute approximate surface area is 200 Å². The number of nitrogens with one attached hydrogen (secondary N) is 2. The number of hydrogen-bond donors (Lipinski definition) is 4. The molecule has 0 fully saturated rings. The lowest BCUT2D eigenvalue weighted by Gasteiger charge is -2.13. The molecule has 0 unspecified atom stereocenters. The summed E-state index contributed by atoms with van der Waals surface area (Å²) in [6, 6.07) is 13.3. The van der Waals surface area contributed by atoms with Gasteiger partial charge in [0.2, 0.25) is 0 Å². The smallest absolute Gasteiger partial charge is 0.316 e. The maximum atomic E-state index is 11.1. The molecule has 2 amide bonds. The number of benzene rings is 2. The van der Waals surface area contributed by atoms with E-state index in [2.05, 4.69) is 20.6 Å². The van der Waals surface area contributed by atoms with Crippen LogP contribution in [0.2, 0.25) is 5.02 Å². The molecule has 4 rings (SSSR count). The van der Waals surface area contributed by atoms with Crippen molar-refractivity contribution in [3.63, 3.8) is 0 Å². The van der Waals surface area contributed by atoms with Crippen LogP contribution < -0.4 is 21.1 Å². The van der Waals surface area contributed by atoms with E-state index in [1.807, 2.05) is 22.9 Å². The Kier molecular flexibility index (Phi) is 7.43. The maximum absolute atomic E-state index is 11.1. The number of hydrogen-bond acceptors (Lipinski definition) is 7. The number of aliphatic hydroxyl groups excluding tert-OH is 1. The van der Waals surface area contributed by atoms with E-state index in [1.165, 1.54) is 6.33 Å². The predicted molar refractivity (Wildman–Crippen MR) is 130 cm³/mol. The fourth-order valence-electron chi connectivity index (χ4n) is 3.34. The summed E-state index contributed by atoms with van der Waals surface area (Å²) in [7, 11) is 0. The van der Waals surface area contributed by atoms with E-state index in [-0.39, 0.29) is 6.61 Å². The number of ether oxygens (including phenoxy) is 2. The van der Waals surface area contributed by atoms with E-state index in [1.54, 1.807) is 36.4 Å². The Morgan fingerprint density at radius 3 is 2.79 bits per heavy atom. The molecule has 34 heavy (non-hydrogen) atoms. The van der Waals surface area contributed by atoms with Gasteiger partial charge in [-0.2, -0.15) is 0 Å². The minimum atomic E-state index is -0.659. The Balaban J connectivity index is 1.51. The van der Waals surface area contributed by atoms with E-state index in [4.69, 9.17) is 31.9 Å². The van der Waals surface area contributed by atoms with Crippen molar-refractivity contribution in [2.45, 2.75) is 6.54 Å². The summed E-state index contributed by atoms with van der Waals surface area (Å²) < 4.78 is 13.2. The summed E-state index contributed by atoms with van der Waals surface area (Å²) in [5, 5.41) is 15.0. The monoisotopic (exact) mass is 482 g/mol. The lowest BCUT2D eigenvalue weighted by molar-refractivity contribution is 0.0875. The molecule has 0 bridgehead atoms. The summed E-state index contributed by atoms with van der Waals surface area (Å²) in [6.07, 6.45) is 3.40. The fourth-order valence-corrected chi connectivity index (χ4v) is 3.56. The summed E-state index contributed by atoms with van der Waals surface area (Å²) in [5.41, 5.74) is 8.00. The van der Waals surface area contributed by atoms with Gasteiger partial charge in [-0.05, 0) is 36.4 Å². The van der Waals surface area contributed by atoms with E-state index < -0.39 is 6.03 Å². The first-order valence-corrected chi connectivity index (χ1v) is 10.8. The third kappa shape index (κ3) is 5.73. The number of primary amides is 1. The van der Waals surface area contributed by atoms with Gasteiger partial charge in [-0.1, -0.05) is 17.7 Å². The number of nitrogens with two attached hydrogens (primary N) is 1. The SMILES string of the molecule is NC(=O)Nc1cccc(Oc2ccc(Nc3ncnc4ccn(CCOCCO)c34)cc2Cl)c1. The van der Waals surface area contributed by atoms with Crippen molar-refractivity contribution in [3.8, 4) is 11.5 Å². The second-order valence-corrected chi connectivity index (χ2v) is 7.60. The molecule has 10 nitrogen and oxygen atoms in total. The Morgan fingerprint density at radius 1 is 1.12 bits per heavy atom. The number of rotatable bonds is 10. The zero-order chi connectivity index (χ0) is 23.9. The van der Waals surface area contributed by atoms with Crippen LogP contribution >= 0.6 is 11.6 Å². The highest BCUT2D eigenvalue weighted by molar-refractivity contribution is 6.32. The minimum Gasteiger partial charge on any atom is -0.456 e. The van der Waals surface area contributed by atoms with Crippen LogP contribution in [0.1, 0.15) is 0 Å². The van der Waals surface area contributed by atoms with Gasteiger partial charge >= 0.3 is 6.03 Å². The molecule has 0 saturated carbocycles. The summed E-state index contributed by atoms with van der Waals surface area (Å²) >= 11 is 6.47. The molecule has 2 heterocycles. The highest BCUT2D eigenvalue weighted by Gasteiger charge is 2.12. The van der Waals surface area contributed by atoms with Crippen molar-refractivity contribution < 1.29 is 19.4 Å². The zero-order valence-electron chi connectivity index (χ0n) is 18.1. The van der Waals surface area contributed by atoms with Crippen LogP contribution in [0.3, 0.4) is 0 Å². The molecule has 0 aliphatic rings. The number of carbonyl (C=O) groups excluding carboxylic acids is 1. The fraction of sp³-hybridized carbons (Fsp3) is 0.174. The molecule has 0 aliphatic heterocycles. The van der Waals surface area contributed by atoms with Crippen molar-refractivity contribution in [2.24, 2.45) is 5.73 Å². The lowest BCUT2D eigenvalue weighted by Crippen LogP contribution is -2.19. The van der Waals surface area contributed by atoms with Crippen LogP contribution in [0.4, 0.5) is 22.0 Å². The van der Waals surface area contributed by atoms with Crippen molar-refractivity contribution in [2.75, 3.05) is 30.5 Å². The van der Waals surface area contributed by atoms with Crippen LogP contribution in [0.15, 0.2) is 61.1 Å². The number of nitrogens with zero attached hydrogens (tertiary/aromatic N) is 3. The summed E-state index contributed by atoms with van der Waals surface area (Å²) in [6.45, 7) is 1.31. The first-order chi connectivity index (χ1) is 16.5. The van der Waals surface area contributed by atoms with Crippen LogP contribution in [0, 0.1) is 0 Å². The van der Waals surface area contributed by atoms with Gasteiger partial charge in [0, 0.05) is 30.2 Å². The largest absolute Gasteiger partial charge is 0.456 e. The Hall–Kier alpha value is -3.86. The van der Waals surface area contributed by atoms with E-state index in [0.29, 0.717) is 53.5 Å². The maximum Gasteiger partial charge on any atom is 0.316 e. The molecule has 5 N–H and O–H groups in total. The van der Waals surface area contributed by atoms with Gasteiger partial charge in [-0.25, -0.2) is 14.8 Å². The van der Waals surface area contributed by atoms with E-state index in [0.717, 1.165) is 11.0 Å². The third-order valence-corrected chi connectivity index (χ3v) is 5.08. The molecule has 176 valence electrons. The second-order valence-electron chi connectivity index (χ2n) is 7.19. The quantitative estimate of drug-likeness (QED) is 0.249. The highest BCUT2D eigenvalue weighted by Crippen LogP contribution is 2.34. The first-order valence-electron chi connectivity index (χ1n) is 10.4. The minimum absolute atomic E-state index is 0.0154. The van der Waals surface area contributed by atoms with Crippen molar-refractivity contribution in [3.05, 3.63) is 66.1 Å². The number of carbonyl (C=O) groups is 1. The standard InChI is InChI=1S/C23H23ClN6O4/c24-18-13-16(4-5-20(18)34-17-3-1-2-15(12-17)29-23(25)32)28-22-21-19(26-14-27-22)6-7-30(21)8-10-33-11-9-31/h1-7,12-14,31H,8-11H2,(H3,25,29,32)(H,26,27,28). The number of amides is 2. The second kappa shape index (κ2) is 10.8. The van der Waals surface area contributed by atoms with Gasteiger partial charge in [0.05, 0.1) is 30.4 Å². The topological polar surface area (TPSA) is 137 Å². The molecule has 2 aromatic heterocycles. The molecule has 0 aliphatic carbocycles. The highest BCUT2D eigenvalue weighted by atomic mass is 35.5. The van der Waals surface area contributed by atoms with Gasteiger partial charge in [0.15, 0.2) is 5.82 Å². The number of urea groups is 1. The molecule has 0 radical (unpaired) electrons. The predicted octanol–water partition coefficient (Wildman–Crippen LogP) is 4.12. The van der Waals surface area contributed by atoms with E-state index in [9.17, 15) is 4.79 Å². The van der Waals surface area contributed by atoms with E-state index >= 15 is 0 Å². The molecule has 11 heteroatoms. The number of fused-ring (bicyclic) bond motifs is 1. The first kappa shape index (κ1) is 23.3. The van der Waals surface area contributed by atoms with Gasteiger partial charge in [0.1, 0.15) is 23.3 Å². The average molecular weight is 483 g/mol. The molecule has 0 spiro atoms. The Morgan fingerprint density at radius 2 is 2.00 bits per heavy atom.